The van der Waals surface area contributed by atoms with Crippen molar-refractivity contribution in [1.82, 2.24) is 9.88 Å². The Morgan fingerprint density at radius 2 is 2.21 bits per heavy atom. The molecule has 2 aliphatic rings. The first-order valence-corrected chi connectivity index (χ1v) is 10.4. The van der Waals surface area contributed by atoms with Gasteiger partial charge < -0.3 is 4.98 Å². The van der Waals surface area contributed by atoms with Crippen LogP contribution in [-0.4, -0.2) is 50.3 Å². The summed E-state index contributed by atoms with van der Waals surface area (Å²) >= 11 is 0. The Bertz CT molecular complexity index is 858. The standard InChI is InChI=1S/C18H24N2O3S/c1-3-20-10-12(11-23-24(2,21)22)7-15-14-5-4-6-16-18(14)13(9-19-16)8-17(15)20/h4-6,9,12,15,17,19H,3,7-8,10-11H2,1-2H3/t12-,15-,17-/m1/s1. The summed E-state index contributed by atoms with van der Waals surface area (Å²) in [7, 11) is -3.38. The molecule has 130 valence electrons. The van der Waals surface area contributed by atoms with Crippen molar-refractivity contribution >= 4 is 21.0 Å². The molecule has 1 saturated heterocycles. The van der Waals surface area contributed by atoms with Crippen molar-refractivity contribution in [3.05, 3.63) is 35.5 Å². The van der Waals surface area contributed by atoms with Crippen LogP contribution in [0.5, 0.6) is 0 Å². The van der Waals surface area contributed by atoms with Gasteiger partial charge in [0.05, 0.1) is 12.9 Å². The van der Waals surface area contributed by atoms with Crippen LogP contribution in [0.2, 0.25) is 0 Å². The molecule has 0 spiro atoms. The first kappa shape index (κ1) is 16.1. The maximum absolute atomic E-state index is 11.4. The van der Waals surface area contributed by atoms with Crippen molar-refractivity contribution in [3.63, 3.8) is 0 Å². The van der Waals surface area contributed by atoms with E-state index in [9.17, 15) is 8.42 Å². The second kappa shape index (κ2) is 5.86. The summed E-state index contributed by atoms with van der Waals surface area (Å²) in [5.41, 5.74) is 4.02. The van der Waals surface area contributed by atoms with E-state index in [1.165, 1.54) is 22.0 Å². The third-order valence-corrected chi connectivity index (χ3v) is 6.15. The second-order valence-electron chi connectivity index (χ2n) is 7.14. The second-order valence-corrected chi connectivity index (χ2v) is 8.78. The molecule has 5 nitrogen and oxygen atoms in total. The van der Waals surface area contributed by atoms with Crippen molar-refractivity contribution < 1.29 is 12.6 Å². The monoisotopic (exact) mass is 348 g/mol. The summed E-state index contributed by atoms with van der Waals surface area (Å²) in [6.45, 7) is 4.35. The van der Waals surface area contributed by atoms with Crippen molar-refractivity contribution in [2.24, 2.45) is 5.92 Å². The van der Waals surface area contributed by atoms with E-state index < -0.39 is 10.1 Å². The molecule has 3 atom stereocenters. The van der Waals surface area contributed by atoms with Crippen LogP contribution < -0.4 is 0 Å². The first-order valence-electron chi connectivity index (χ1n) is 8.63. The lowest BCUT2D eigenvalue weighted by molar-refractivity contribution is 0.0684. The fraction of sp³-hybridized carbons (Fsp3) is 0.556. The van der Waals surface area contributed by atoms with Crippen LogP contribution in [0.4, 0.5) is 0 Å². The Kier molecular flexibility index (Phi) is 3.94. The minimum Gasteiger partial charge on any atom is -0.361 e. The maximum atomic E-state index is 11.4. The number of rotatable bonds is 4. The Morgan fingerprint density at radius 1 is 1.38 bits per heavy atom. The Hall–Kier alpha value is -1.37. The van der Waals surface area contributed by atoms with Gasteiger partial charge in [-0.3, -0.25) is 9.08 Å². The first-order chi connectivity index (χ1) is 11.5. The van der Waals surface area contributed by atoms with Gasteiger partial charge in [-0.1, -0.05) is 19.1 Å². The number of H-pyrrole nitrogens is 1. The van der Waals surface area contributed by atoms with Crippen LogP contribution in [0.25, 0.3) is 10.9 Å². The minimum absolute atomic E-state index is 0.247. The van der Waals surface area contributed by atoms with E-state index in [1.54, 1.807) is 0 Å². The number of hydrogen-bond acceptors (Lipinski definition) is 4. The smallest absolute Gasteiger partial charge is 0.264 e. The van der Waals surface area contributed by atoms with E-state index in [0.717, 1.165) is 32.2 Å². The molecule has 0 bridgehead atoms. The van der Waals surface area contributed by atoms with Gasteiger partial charge in [0.25, 0.3) is 10.1 Å². The predicted molar refractivity (Wildman–Crippen MR) is 94.7 cm³/mol. The molecule has 2 aromatic rings. The summed E-state index contributed by atoms with van der Waals surface area (Å²) in [4.78, 5) is 5.90. The van der Waals surface area contributed by atoms with Gasteiger partial charge >= 0.3 is 0 Å². The number of likely N-dealkylation sites (tertiary alicyclic amines) is 1. The molecule has 0 saturated carbocycles. The number of fused-ring (bicyclic) bond motifs is 2. The Labute approximate surface area is 143 Å². The highest BCUT2D eigenvalue weighted by atomic mass is 32.2. The van der Waals surface area contributed by atoms with Crippen LogP contribution in [0.3, 0.4) is 0 Å². The minimum atomic E-state index is -3.38. The molecular weight excluding hydrogens is 324 g/mol. The fourth-order valence-corrected chi connectivity index (χ4v) is 5.04. The van der Waals surface area contributed by atoms with Gasteiger partial charge in [0.1, 0.15) is 0 Å². The Balaban J connectivity index is 1.67. The fourth-order valence-electron chi connectivity index (χ4n) is 4.60. The molecular formula is C18H24N2O3S. The molecule has 0 unspecified atom stereocenters. The molecule has 0 radical (unpaired) electrons. The van der Waals surface area contributed by atoms with Crippen LogP contribution in [0.15, 0.2) is 24.4 Å². The number of nitrogens with one attached hydrogen (secondary N) is 1. The van der Waals surface area contributed by atoms with Crippen molar-refractivity contribution in [2.45, 2.75) is 31.7 Å². The summed E-state index contributed by atoms with van der Waals surface area (Å²) < 4.78 is 27.8. The van der Waals surface area contributed by atoms with Crippen molar-refractivity contribution in [3.8, 4) is 0 Å². The molecule has 1 fully saturated rings. The van der Waals surface area contributed by atoms with Crippen LogP contribution in [-0.2, 0) is 20.7 Å². The molecule has 2 heterocycles. The number of aromatic nitrogens is 1. The lowest BCUT2D eigenvalue weighted by Gasteiger charge is -2.46. The normalized spacial score (nSPS) is 27.3. The topological polar surface area (TPSA) is 62.4 Å². The van der Waals surface area contributed by atoms with Crippen molar-refractivity contribution in [2.75, 3.05) is 26.0 Å². The zero-order valence-electron chi connectivity index (χ0n) is 14.2. The van der Waals surface area contributed by atoms with Crippen LogP contribution in [0, 0.1) is 5.92 Å². The zero-order chi connectivity index (χ0) is 16.9. The van der Waals surface area contributed by atoms with Gasteiger partial charge in [-0.2, -0.15) is 8.42 Å². The van der Waals surface area contributed by atoms with E-state index in [1.807, 2.05) is 0 Å². The number of likely N-dealkylation sites (N-methyl/N-ethyl adjacent to an activating group) is 1. The molecule has 1 aliphatic heterocycles. The van der Waals surface area contributed by atoms with Crippen molar-refractivity contribution in [1.29, 1.82) is 0 Å². The highest BCUT2D eigenvalue weighted by Gasteiger charge is 2.40. The van der Waals surface area contributed by atoms with Crippen LogP contribution in [0.1, 0.15) is 30.4 Å². The number of benzene rings is 1. The molecule has 6 heteroatoms. The summed E-state index contributed by atoms with van der Waals surface area (Å²) in [5, 5.41) is 1.37. The van der Waals surface area contributed by atoms with Gasteiger partial charge in [-0.05, 0) is 42.5 Å². The molecule has 1 aromatic carbocycles. The molecule has 0 amide bonds. The lowest BCUT2D eigenvalue weighted by Crippen LogP contribution is -2.50. The molecule has 24 heavy (non-hydrogen) atoms. The average molecular weight is 348 g/mol. The molecule has 1 aromatic heterocycles. The number of hydrogen-bond donors (Lipinski definition) is 1. The van der Waals surface area contributed by atoms with E-state index in [0.29, 0.717) is 12.0 Å². The van der Waals surface area contributed by atoms with Gasteiger partial charge in [0, 0.05) is 35.6 Å². The van der Waals surface area contributed by atoms with Gasteiger partial charge in [-0.25, -0.2) is 0 Å². The van der Waals surface area contributed by atoms with Gasteiger partial charge in [0.15, 0.2) is 0 Å². The maximum Gasteiger partial charge on any atom is 0.264 e. The number of piperidine rings is 1. The highest BCUT2D eigenvalue weighted by molar-refractivity contribution is 7.85. The summed E-state index contributed by atoms with van der Waals surface area (Å²) in [6, 6.07) is 6.99. The Morgan fingerprint density at radius 3 is 2.96 bits per heavy atom. The predicted octanol–water partition coefficient (Wildman–Crippen LogP) is 2.49. The molecule has 1 N–H and O–H groups in total. The summed E-state index contributed by atoms with van der Waals surface area (Å²) in [5.74, 6) is 0.690. The third kappa shape index (κ3) is 2.76. The highest BCUT2D eigenvalue weighted by Crippen LogP contribution is 2.44. The quantitative estimate of drug-likeness (QED) is 0.863. The molecule has 1 aliphatic carbocycles. The van der Waals surface area contributed by atoms with Gasteiger partial charge in [-0.15, -0.1) is 0 Å². The van der Waals surface area contributed by atoms with Crippen LogP contribution >= 0.6 is 0 Å². The average Bonchev–Trinajstić information content (AvgIpc) is 2.97. The number of nitrogens with zero attached hydrogens (tertiary/aromatic N) is 1. The molecule has 4 rings (SSSR count). The largest absolute Gasteiger partial charge is 0.361 e. The SMILES string of the molecule is CCN1C[C@H](COS(C)(=O)=O)C[C@@H]2c3cccc4[nH]cc(c34)C[C@H]21. The van der Waals surface area contributed by atoms with E-state index in [2.05, 4.69) is 41.2 Å². The third-order valence-electron chi connectivity index (χ3n) is 5.59. The zero-order valence-corrected chi connectivity index (χ0v) is 15.0. The lowest BCUT2D eigenvalue weighted by atomic mass is 9.72. The van der Waals surface area contributed by atoms with E-state index >= 15 is 0 Å². The summed E-state index contributed by atoms with van der Waals surface area (Å²) in [6.07, 6.45) is 5.33. The van der Waals surface area contributed by atoms with Gasteiger partial charge in [0.2, 0.25) is 0 Å². The van der Waals surface area contributed by atoms with E-state index in [4.69, 9.17) is 4.18 Å². The number of aromatic amines is 1. The van der Waals surface area contributed by atoms with E-state index in [-0.39, 0.29) is 12.5 Å².